The zero-order valence-corrected chi connectivity index (χ0v) is 29.6. The van der Waals surface area contributed by atoms with Crippen LogP contribution in [-0.2, 0) is 18.5 Å². The smallest absolute Gasteiger partial charge is 0.205 e. The summed E-state index contributed by atoms with van der Waals surface area (Å²) >= 11 is 35.7. The van der Waals surface area contributed by atoms with E-state index in [2.05, 4.69) is 0 Å². The van der Waals surface area contributed by atoms with E-state index in [9.17, 15) is 39.5 Å². The Kier molecular flexibility index (Phi) is 10.0. The molecule has 0 aliphatic heterocycles. The van der Waals surface area contributed by atoms with Crippen LogP contribution in [0.5, 0.6) is 0 Å². The highest BCUT2D eigenvalue weighted by Gasteiger charge is 2.79. The van der Waals surface area contributed by atoms with Gasteiger partial charge in [0.05, 0.1) is 30.1 Å². The molecule has 2 aliphatic rings. The molecule has 5 rings (SSSR count). The van der Waals surface area contributed by atoms with Crippen molar-refractivity contribution in [1.82, 2.24) is 0 Å². The summed E-state index contributed by atoms with van der Waals surface area (Å²) in [7, 11) is 0. The molecular formula is C31H11Cl6F15. The van der Waals surface area contributed by atoms with Crippen LogP contribution in [0.4, 0.5) is 65.9 Å². The van der Waals surface area contributed by atoms with E-state index in [0.717, 1.165) is 13.8 Å². The average Bonchev–Trinajstić information content (AvgIpc) is 3.84. The maximum Gasteiger partial charge on any atom is 0.422 e. The van der Waals surface area contributed by atoms with Gasteiger partial charge in [-0.05, 0) is 47.6 Å². The lowest BCUT2D eigenvalue weighted by Crippen LogP contribution is -2.14. The summed E-state index contributed by atoms with van der Waals surface area (Å²) in [5.74, 6) is -16.7. The van der Waals surface area contributed by atoms with Gasteiger partial charge in [-0.2, -0.15) is 39.5 Å². The lowest BCUT2D eigenvalue weighted by Gasteiger charge is -2.16. The number of rotatable bonds is 3. The second-order valence-corrected chi connectivity index (χ2v) is 14.0. The Bertz CT molecular complexity index is 1990. The van der Waals surface area contributed by atoms with Crippen LogP contribution in [0.1, 0.15) is 60.1 Å². The second-order valence-electron chi connectivity index (χ2n) is 11.7. The average molecular weight is 881 g/mol. The molecule has 2 saturated carbocycles. The van der Waals surface area contributed by atoms with Crippen molar-refractivity contribution in [3.8, 4) is 0 Å². The fourth-order valence-corrected chi connectivity index (χ4v) is 9.03. The highest BCUT2D eigenvalue weighted by atomic mass is 35.5. The molecule has 0 heterocycles. The second kappa shape index (κ2) is 12.7. The van der Waals surface area contributed by atoms with E-state index in [4.69, 9.17) is 69.6 Å². The van der Waals surface area contributed by atoms with E-state index in [1.54, 1.807) is 0 Å². The third kappa shape index (κ3) is 5.69. The number of halogens is 21. The molecule has 282 valence electrons. The molecule has 2 fully saturated rings. The Balaban J connectivity index is 1.92. The van der Waals surface area contributed by atoms with E-state index in [1.807, 2.05) is 0 Å². The van der Waals surface area contributed by atoms with Gasteiger partial charge < -0.3 is 0 Å². The van der Waals surface area contributed by atoms with Crippen LogP contribution in [0.15, 0.2) is 11.1 Å². The number of hydrogen-bond donors (Lipinski definition) is 0. The first-order chi connectivity index (χ1) is 23.5. The van der Waals surface area contributed by atoms with Crippen molar-refractivity contribution in [3.05, 3.63) is 110 Å². The zero-order valence-electron chi connectivity index (χ0n) is 25.1. The summed E-state index contributed by atoms with van der Waals surface area (Å²) in [6, 6.07) is 0. The fraction of sp³-hybridized carbons (Fsp3) is 0.290. The molecule has 0 aromatic heterocycles. The molecule has 0 nitrogen and oxygen atoms in total. The van der Waals surface area contributed by atoms with Gasteiger partial charge in [0.2, 0.25) is 0 Å². The van der Waals surface area contributed by atoms with Gasteiger partial charge in [0.15, 0.2) is 34.9 Å². The first-order valence-electron chi connectivity index (χ1n) is 13.7. The molecule has 2 aliphatic carbocycles. The molecule has 0 N–H and O–H groups in total. The van der Waals surface area contributed by atoms with Gasteiger partial charge in [-0.15, -0.1) is 0 Å². The Morgan fingerprint density at radius 1 is 0.462 bits per heavy atom. The minimum atomic E-state index is -5.67. The molecule has 3 unspecified atom stereocenters. The lowest BCUT2D eigenvalue weighted by molar-refractivity contribution is -0.143. The molecule has 21 heteroatoms. The molecule has 3 aromatic carbocycles. The predicted molar refractivity (Wildman–Crippen MR) is 164 cm³/mol. The molecule has 1 spiro atoms. The number of hydrogen-bond acceptors (Lipinski definition) is 0. The summed E-state index contributed by atoms with van der Waals surface area (Å²) in [4.78, 5) is 0. The first-order valence-corrected chi connectivity index (χ1v) is 16.0. The van der Waals surface area contributed by atoms with Crippen LogP contribution in [0.3, 0.4) is 0 Å². The Labute approximate surface area is 311 Å². The summed E-state index contributed by atoms with van der Waals surface area (Å²) in [5, 5.41) is -8.40. The normalized spacial score (nSPS) is 22.4. The van der Waals surface area contributed by atoms with Crippen LogP contribution in [-0.4, -0.2) is 0 Å². The largest absolute Gasteiger partial charge is 0.422 e. The van der Waals surface area contributed by atoms with Crippen molar-refractivity contribution in [2.45, 2.75) is 45.2 Å². The molecule has 3 atom stereocenters. The van der Waals surface area contributed by atoms with Gasteiger partial charge in [-0.1, -0.05) is 76.5 Å². The minimum Gasteiger partial charge on any atom is -0.205 e. The molecule has 0 amide bonds. The number of benzene rings is 3. The summed E-state index contributed by atoms with van der Waals surface area (Å²) in [6.07, 6.45) is -17.0. The van der Waals surface area contributed by atoms with Crippen LogP contribution in [0.25, 0.3) is 11.1 Å². The van der Waals surface area contributed by atoms with Crippen molar-refractivity contribution in [1.29, 1.82) is 0 Å². The van der Waals surface area contributed by atoms with Crippen LogP contribution in [0, 0.1) is 46.2 Å². The van der Waals surface area contributed by atoms with E-state index < -0.39 is 145 Å². The first kappa shape index (κ1) is 41.0. The highest BCUT2D eigenvalue weighted by Crippen LogP contribution is 2.88. The van der Waals surface area contributed by atoms with Crippen LogP contribution < -0.4 is 0 Å². The van der Waals surface area contributed by atoms with E-state index >= 15 is 26.3 Å². The Hall–Kier alpha value is -2.17. The van der Waals surface area contributed by atoms with Crippen molar-refractivity contribution in [3.63, 3.8) is 0 Å². The zero-order chi connectivity index (χ0) is 39.9. The monoisotopic (exact) mass is 878 g/mol. The molecule has 0 saturated heterocycles. The third-order valence-corrected chi connectivity index (χ3v) is 11.3. The number of alkyl halides is 9. The molecule has 0 radical (unpaired) electrons. The maximum atomic E-state index is 15.1. The van der Waals surface area contributed by atoms with Crippen molar-refractivity contribution >= 4 is 80.8 Å². The van der Waals surface area contributed by atoms with Gasteiger partial charge in [0, 0.05) is 22.5 Å². The third-order valence-electron chi connectivity index (χ3n) is 9.10. The minimum absolute atomic E-state index is 0.314. The standard InChI is InChI=1S/C31H11Cl6F15/c1-4(7-16(32)22(38)13(29(44,45)46)23(39)17(7)33)10-11(5(2)8-18(34)24(40)14(30(47,48)49)25(41)19(8)35)28(10)6(3)12(28)9-20(36)26(42)15(31(50,51)52)27(43)21(9)37/h6,12H,1-3H3/b10-4-,11-5?. The SMILES string of the molecule is CC(=C1/C(=C(\C)c2c(Cl)c(F)c(C(F)(F)F)c(F)c2Cl)C12C(C)C2c1c(Cl)c(F)c(C(F)(F)F)c(F)c1Cl)c1c(Cl)c(F)c(C(F)(F)F)c(F)c1Cl. The molecule has 52 heavy (non-hydrogen) atoms. The predicted octanol–water partition coefficient (Wildman–Crippen LogP) is 15.2. The summed E-state index contributed by atoms with van der Waals surface area (Å²) in [5.41, 5.74) is -13.7. The van der Waals surface area contributed by atoms with Gasteiger partial charge in [0.25, 0.3) is 0 Å². The maximum absolute atomic E-state index is 15.1. The van der Waals surface area contributed by atoms with Crippen molar-refractivity contribution < 1.29 is 65.9 Å². The van der Waals surface area contributed by atoms with Crippen molar-refractivity contribution in [2.24, 2.45) is 11.3 Å². The van der Waals surface area contributed by atoms with E-state index in [0.29, 0.717) is 0 Å². The lowest BCUT2D eigenvalue weighted by atomic mass is 10.00. The summed E-state index contributed by atoms with van der Waals surface area (Å²) < 4.78 is 212. The van der Waals surface area contributed by atoms with Crippen LogP contribution in [0.2, 0.25) is 30.1 Å². The highest BCUT2D eigenvalue weighted by molar-refractivity contribution is 6.39. The quantitative estimate of drug-likeness (QED) is 0.182. The van der Waals surface area contributed by atoms with Gasteiger partial charge in [-0.25, -0.2) is 26.3 Å². The van der Waals surface area contributed by atoms with Gasteiger partial charge >= 0.3 is 18.5 Å². The molecule has 3 aromatic rings. The van der Waals surface area contributed by atoms with Gasteiger partial charge in [-0.3, -0.25) is 0 Å². The number of allylic oxidation sites excluding steroid dienone is 4. The fourth-order valence-electron chi connectivity index (χ4n) is 6.95. The Morgan fingerprint density at radius 2 is 0.692 bits per heavy atom. The van der Waals surface area contributed by atoms with E-state index in [1.165, 1.54) is 6.92 Å². The summed E-state index contributed by atoms with van der Waals surface area (Å²) in [6.45, 7) is 3.19. The van der Waals surface area contributed by atoms with Crippen molar-refractivity contribution in [2.75, 3.05) is 0 Å². The molecular weight excluding hydrogens is 870 g/mol. The topological polar surface area (TPSA) is 0 Å². The van der Waals surface area contributed by atoms with Gasteiger partial charge in [0.1, 0.15) is 16.7 Å². The Morgan fingerprint density at radius 3 is 0.923 bits per heavy atom. The molecule has 0 bridgehead atoms. The van der Waals surface area contributed by atoms with Crippen LogP contribution >= 0.6 is 69.6 Å². The van der Waals surface area contributed by atoms with E-state index in [-0.39, 0.29) is 11.1 Å².